The first kappa shape index (κ1) is 22.1. The molecule has 0 aromatic carbocycles. The molecular formula is C22H32N4O6. The number of aromatic nitrogens is 1. The van der Waals surface area contributed by atoms with Gasteiger partial charge < -0.3 is 35.1 Å². The Balaban J connectivity index is 1.38. The van der Waals surface area contributed by atoms with E-state index < -0.39 is 48.5 Å². The Morgan fingerprint density at radius 1 is 1.19 bits per heavy atom. The number of rotatable bonds is 5. The lowest BCUT2D eigenvalue weighted by atomic mass is 9.80. The summed E-state index contributed by atoms with van der Waals surface area (Å²) in [5, 5.41) is 27.8. The Labute approximate surface area is 187 Å². The lowest BCUT2D eigenvalue weighted by molar-refractivity contribution is -0.366. The highest BCUT2D eigenvalue weighted by Crippen LogP contribution is 2.57. The van der Waals surface area contributed by atoms with Crippen molar-refractivity contribution in [2.24, 2.45) is 0 Å². The summed E-state index contributed by atoms with van der Waals surface area (Å²) in [7, 11) is 3.43. The van der Waals surface area contributed by atoms with Gasteiger partial charge in [0.15, 0.2) is 0 Å². The molecule has 1 aromatic heterocycles. The summed E-state index contributed by atoms with van der Waals surface area (Å²) in [5.41, 5.74) is -0.173. The van der Waals surface area contributed by atoms with Crippen molar-refractivity contribution < 1.29 is 29.2 Å². The number of aryl methyl sites for hydroxylation is 1. The molecule has 4 fully saturated rings. The number of hydrogen-bond donors (Lipinski definition) is 4. The SMILES string of the molecule is CNC1C(O)C(NC)C2OC34C(OC(C)CC3N4C(=O)CCc3ccccn3)OC2C1O. The largest absolute Gasteiger partial charge is 0.390 e. The fourth-order valence-corrected chi connectivity index (χ4v) is 5.72. The minimum Gasteiger partial charge on any atom is -0.390 e. The van der Waals surface area contributed by atoms with Crippen LogP contribution in [-0.4, -0.2) is 101 Å². The molecule has 4 aliphatic rings. The topological polar surface area (TPSA) is 125 Å². The Hall–Kier alpha value is -1.66. The molecule has 3 aliphatic heterocycles. The number of aliphatic hydroxyl groups excluding tert-OH is 2. The van der Waals surface area contributed by atoms with Crippen LogP contribution in [0.2, 0.25) is 0 Å². The maximum Gasteiger partial charge on any atom is 0.225 e. The number of aliphatic hydroxyl groups is 2. The van der Waals surface area contributed by atoms with Crippen LogP contribution >= 0.6 is 0 Å². The molecule has 10 atom stereocenters. The molecule has 10 unspecified atom stereocenters. The Bertz CT molecular complexity index is 845. The molecule has 176 valence electrons. The summed E-state index contributed by atoms with van der Waals surface area (Å²) in [5.74, 6) is -0.0450. The zero-order chi connectivity index (χ0) is 22.6. The second-order valence-electron chi connectivity index (χ2n) is 9.16. The average molecular weight is 449 g/mol. The van der Waals surface area contributed by atoms with Crippen molar-refractivity contribution in [1.29, 1.82) is 0 Å². The van der Waals surface area contributed by atoms with E-state index in [9.17, 15) is 15.0 Å². The highest BCUT2D eigenvalue weighted by Gasteiger charge is 2.78. The molecular weight excluding hydrogens is 416 g/mol. The van der Waals surface area contributed by atoms with Gasteiger partial charge in [0.25, 0.3) is 0 Å². The highest BCUT2D eigenvalue weighted by atomic mass is 16.8. The third-order valence-electron chi connectivity index (χ3n) is 7.33. The van der Waals surface area contributed by atoms with E-state index in [1.165, 1.54) is 0 Å². The van der Waals surface area contributed by atoms with E-state index in [-0.39, 0.29) is 18.1 Å². The van der Waals surface area contributed by atoms with E-state index in [1.54, 1.807) is 25.2 Å². The van der Waals surface area contributed by atoms with Crippen molar-refractivity contribution >= 4 is 5.91 Å². The van der Waals surface area contributed by atoms with Gasteiger partial charge in [-0.2, -0.15) is 0 Å². The van der Waals surface area contributed by atoms with Crippen molar-refractivity contribution in [2.75, 3.05) is 14.1 Å². The normalized spacial score (nSPS) is 44.9. The van der Waals surface area contributed by atoms with Crippen molar-refractivity contribution in [3.05, 3.63) is 30.1 Å². The number of carbonyl (C=O) groups excluding carboxylic acids is 1. The Kier molecular flexibility index (Phi) is 5.73. The summed E-state index contributed by atoms with van der Waals surface area (Å²) in [6, 6.07) is 4.42. The van der Waals surface area contributed by atoms with Gasteiger partial charge >= 0.3 is 0 Å². The van der Waals surface area contributed by atoms with Gasteiger partial charge in [0.05, 0.1) is 30.3 Å². The van der Waals surface area contributed by atoms with Gasteiger partial charge in [-0.3, -0.25) is 14.7 Å². The van der Waals surface area contributed by atoms with Crippen molar-refractivity contribution in [3.8, 4) is 0 Å². The number of carbonyl (C=O) groups is 1. The molecule has 1 aromatic rings. The van der Waals surface area contributed by atoms with E-state index in [2.05, 4.69) is 15.6 Å². The number of likely N-dealkylation sites (N-methyl/N-ethyl adjacent to an activating group) is 2. The van der Waals surface area contributed by atoms with Gasteiger partial charge in [0.1, 0.15) is 18.3 Å². The number of nitrogens with zero attached hydrogens (tertiary/aromatic N) is 2. The summed E-state index contributed by atoms with van der Waals surface area (Å²) in [6.07, 6.45) is -0.949. The maximum atomic E-state index is 13.2. The first-order valence-electron chi connectivity index (χ1n) is 11.3. The smallest absolute Gasteiger partial charge is 0.225 e. The van der Waals surface area contributed by atoms with E-state index >= 15 is 0 Å². The van der Waals surface area contributed by atoms with Gasteiger partial charge in [0, 0.05) is 18.3 Å². The molecule has 4 N–H and O–H groups in total. The summed E-state index contributed by atoms with van der Waals surface area (Å²) >= 11 is 0. The number of amides is 1. The summed E-state index contributed by atoms with van der Waals surface area (Å²) in [6.45, 7) is 1.95. The number of fused-ring (bicyclic) bond motifs is 1. The van der Waals surface area contributed by atoms with Crippen LogP contribution in [0.4, 0.5) is 0 Å². The third kappa shape index (κ3) is 3.28. The van der Waals surface area contributed by atoms with Crippen LogP contribution in [0.1, 0.15) is 25.5 Å². The third-order valence-corrected chi connectivity index (χ3v) is 7.33. The molecule has 1 saturated carbocycles. The fourth-order valence-electron chi connectivity index (χ4n) is 5.72. The minimum atomic E-state index is -1.03. The molecule has 1 amide bonds. The van der Waals surface area contributed by atoms with Crippen molar-refractivity contribution in [2.45, 2.75) is 86.8 Å². The van der Waals surface area contributed by atoms with Crippen molar-refractivity contribution in [3.63, 3.8) is 0 Å². The van der Waals surface area contributed by atoms with Crippen LogP contribution in [-0.2, 0) is 25.4 Å². The lowest BCUT2D eigenvalue weighted by Gasteiger charge is -2.53. The number of nitrogens with one attached hydrogen (secondary N) is 2. The molecule has 1 spiro atoms. The molecule has 10 nitrogen and oxygen atoms in total. The first-order valence-corrected chi connectivity index (χ1v) is 11.3. The second-order valence-corrected chi connectivity index (χ2v) is 9.16. The molecule has 3 saturated heterocycles. The van der Waals surface area contributed by atoms with E-state index in [4.69, 9.17) is 14.2 Å². The quantitative estimate of drug-likeness (QED) is 0.409. The fraction of sp³-hybridized carbons (Fsp3) is 0.727. The average Bonchev–Trinajstić information content (AvgIpc) is 3.43. The van der Waals surface area contributed by atoms with Crippen LogP contribution < -0.4 is 10.6 Å². The predicted molar refractivity (Wildman–Crippen MR) is 112 cm³/mol. The van der Waals surface area contributed by atoms with Gasteiger partial charge in [-0.1, -0.05) is 6.07 Å². The zero-order valence-electron chi connectivity index (χ0n) is 18.5. The van der Waals surface area contributed by atoms with Crippen LogP contribution in [0.15, 0.2) is 24.4 Å². The highest BCUT2D eigenvalue weighted by molar-refractivity contribution is 5.81. The molecule has 10 heteroatoms. The summed E-state index contributed by atoms with van der Waals surface area (Å²) < 4.78 is 18.9. The Morgan fingerprint density at radius 3 is 2.66 bits per heavy atom. The molecule has 32 heavy (non-hydrogen) atoms. The zero-order valence-corrected chi connectivity index (χ0v) is 18.5. The van der Waals surface area contributed by atoms with Gasteiger partial charge in [-0.05, 0) is 46.0 Å². The van der Waals surface area contributed by atoms with E-state index in [0.717, 1.165) is 5.69 Å². The molecule has 0 radical (unpaired) electrons. The molecule has 4 heterocycles. The number of hydrogen-bond acceptors (Lipinski definition) is 9. The van der Waals surface area contributed by atoms with Gasteiger partial charge in [0.2, 0.25) is 17.9 Å². The second kappa shape index (κ2) is 8.28. The van der Waals surface area contributed by atoms with Gasteiger partial charge in [-0.15, -0.1) is 0 Å². The van der Waals surface area contributed by atoms with Crippen LogP contribution in [0.25, 0.3) is 0 Å². The lowest BCUT2D eigenvalue weighted by Crippen LogP contribution is -2.75. The molecule has 1 aliphatic carbocycles. The first-order chi connectivity index (χ1) is 15.4. The number of ether oxygens (including phenoxy) is 3. The van der Waals surface area contributed by atoms with E-state index in [0.29, 0.717) is 19.3 Å². The van der Waals surface area contributed by atoms with E-state index in [1.807, 2.05) is 25.1 Å². The van der Waals surface area contributed by atoms with Crippen LogP contribution in [0.3, 0.4) is 0 Å². The van der Waals surface area contributed by atoms with Crippen LogP contribution in [0, 0.1) is 0 Å². The molecule has 5 rings (SSSR count). The predicted octanol–water partition coefficient (Wildman–Crippen LogP) is -1.25. The van der Waals surface area contributed by atoms with Crippen LogP contribution in [0.5, 0.6) is 0 Å². The monoisotopic (exact) mass is 448 g/mol. The maximum absolute atomic E-state index is 13.2. The summed E-state index contributed by atoms with van der Waals surface area (Å²) in [4.78, 5) is 19.3. The van der Waals surface area contributed by atoms with Gasteiger partial charge in [-0.25, -0.2) is 0 Å². The van der Waals surface area contributed by atoms with Crippen molar-refractivity contribution in [1.82, 2.24) is 20.5 Å². The molecule has 0 bridgehead atoms. The Morgan fingerprint density at radius 2 is 1.97 bits per heavy atom. The standard InChI is InChI=1S/C22H32N4O6/c1-11-10-13-22(26(13)14(27)8-7-12-6-4-5-9-25-12)21(30-11)31-20-18(29)15(23-2)17(28)16(24-3)19(20)32-22/h4-6,9,11,13,15-21,23-24,28-29H,7-8,10H2,1-3H3. The number of pyridine rings is 1. The minimum absolute atomic E-state index is 0.0450.